The highest BCUT2D eigenvalue weighted by Gasteiger charge is 2.31. The van der Waals surface area contributed by atoms with Crippen LogP contribution >= 0.6 is 0 Å². The Bertz CT molecular complexity index is 2150. The summed E-state index contributed by atoms with van der Waals surface area (Å²) in [4.78, 5) is 25.0. The predicted octanol–water partition coefficient (Wildman–Crippen LogP) is 5.59. The zero-order valence-corrected chi connectivity index (χ0v) is 27.6. The van der Waals surface area contributed by atoms with E-state index in [2.05, 4.69) is 47.7 Å². The second-order valence-corrected chi connectivity index (χ2v) is 12.9. The van der Waals surface area contributed by atoms with Gasteiger partial charge in [0, 0.05) is 61.3 Å². The molecular formula is C36H40N10O2. The number of carbonyl (C=O) groups excluding carboxylic acids is 1. The number of nitrogens with zero attached hydrogens (tertiary/aromatic N) is 8. The third kappa shape index (κ3) is 5.07. The largest absolute Gasteiger partial charge is 0.495 e. The van der Waals surface area contributed by atoms with Gasteiger partial charge in [-0.2, -0.15) is 0 Å². The molecule has 0 saturated heterocycles. The Morgan fingerprint density at radius 3 is 2.62 bits per heavy atom. The van der Waals surface area contributed by atoms with E-state index in [-0.39, 0.29) is 5.91 Å². The van der Waals surface area contributed by atoms with Crippen molar-refractivity contribution in [2.75, 3.05) is 24.7 Å². The number of hydrogen-bond donors (Lipinski definition) is 2. The molecule has 1 amide bonds. The number of aromatic nitrogens is 7. The molecule has 0 bridgehead atoms. The summed E-state index contributed by atoms with van der Waals surface area (Å²) in [5.74, 6) is 2.96. The Morgan fingerprint density at radius 1 is 1.02 bits per heavy atom. The fourth-order valence-electron chi connectivity index (χ4n) is 7.77. The maximum atomic E-state index is 13.4. The van der Waals surface area contributed by atoms with Crippen LogP contribution in [0.15, 0.2) is 61.1 Å². The lowest BCUT2D eigenvalue weighted by Crippen LogP contribution is -2.43. The van der Waals surface area contributed by atoms with Crippen molar-refractivity contribution in [2.24, 2.45) is 7.05 Å². The molecule has 4 aromatic heterocycles. The third-order valence-corrected chi connectivity index (χ3v) is 10.3. The number of fused-ring (bicyclic) bond motifs is 3. The summed E-state index contributed by atoms with van der Waals surface area (Å²) in [5, 5.41) is 13.8. The Kier molecular flexibility index (Phi) is 7.59. The highest BCUT2D eigenvalue weighted by atomic mass is 16.5. The molecule has 2 aliphatic rings. The number of anilines is 2. The number of aryl methyl sites for hydroxylation is 2. The highest BCUT2D eigenvalue weighted by molar-refractivity contribution is 6.07. The molecule has 48 heavy (non-hydrogen) atoms. The average Bonchev–Trinajstić information content (AvgIpc) is 3.82. The van der Waals surface area contributed by atoms with E-state index in [1.165, 1.54) is 0 Å². The van der Waals surface area contributed by atoms with E-state index in [4.69, 9.17) is 15.5 Å². The first-order valence-corrected chi connectivity index (χ1v) is 16.7. The maximum Gasteiger partial charge on any atom is 0.272 e. The van der Waals surface area contributed by atoms with Crippen molar-refractivity contribution in [1.29, 1.82) is 0 Å². The van der Waals surface area contributed by atoms with E-state index < -0.39 is 0 Å². The van der Waals surface area contributed by atoms with Gasteiger partial charge in [0.05, 0.1) is 24.7 Å². The normalized spacial score (nSPS) is 18.3. The molecule has 246 valence electrons. The van der Waals surface area contributed by atoms with Gasteiger partial charge in [0.25, 0.3) is 5.91 Å². The van der Waals surface area contributed by atoms with E-state index in [0.29, 0.717) is 35.0 Å². The third-order valence-electron chi connectivity index (χ3n) is 10.3. The monoisotopic (exact) mass is 644 g/mol. The number of nitrogens with one attached hydrogen (secondary N) is 1. The predicted molar refractivity (Wildman–Crippen MR) is 186 cm³/mol. The van der Waals surface area contributed by atoms with E-state index in [1.807, 2.05) is 60.1 Å². The Hall–Kier alpha value is -5.23. The van der Waals surface area contributed by atoms with Crippen LogP contribution in [0, 0.1) is 0 Å². The second-order valence-electron chi connectivity index (χ2n) is 12.9. The van der Waals surface area contributed by atoms with Crippen molar-refractivity contribution >= 4 is 39.3 Å². The molecule has 0 spiro atoms. The minimum atomic E-state index is -0.207. The number of methoxy groups -OCH3 is 1. The smallest absolute Gasteiger partial charge is 0.272 e. The van der Waals surface area contributed by atoms with Crippen molar-refractivity contribution in [3.63, 3.8) is 0 Å². The number of carbonyl (C=O) groups is 1. The lowest BCUT2D eigenvalue weighted by atomic mass is 9.89. The van der Waals surface area contributed by atoms with E-state index in [0.717, 1.165) is 96.5 Å². The molecule has 0 unspecified atom stereocenters. The molecule has 5 heterocycles. The summed E-state index contributed by atoms with van der Waals surface area (Å²) in [6.45, 7) is 5.00. The van der Waals surface area contributed by atoms with Crippen molar-refractivity contribution < 1.29 is 9.53 Å². The standard InChI is InChI=1S/C36H40N10O2/c1-4-31-41-42-32-20-44(15-16-45(31)32)24-10-12-25(13-11-24)46-19-26(33-34(37)38-21-39-35(33)46)22-9-14-27(30(18-22)48-3)40-36(47)29-17-23-7-5-6-8-28(23)43(29)2/h5-9,14,17-19,21,24-25H,4,10-13,15-16,20H2,1-3H3,(H,40,47)(H2,37,38,39). The number of amides is 1. The molecular weight excluding hydrogens is 604 g/mol. The molecule has 1 aliphatic carbocycles. The number of rotatable bonds is 7. The highest BCUT2D eigenvalue weighted by Crippen LogP contribution is 2.41. The minimum Gasteiger partial charge on any atom is -0.495 e. The lowest BCUT2D eigenvalue weighted by molar-refractivity contribution is 0.101. The van der Waals surface area contributed by atoms with Gasteiger partial charge in [-0.3, -0.25) is 9.69 Å². The van der Waals surface area contributed by atoms with Gasteiger partial charge in [0.15, 0.2) is 0 Å². The van der Waals surface area contributed by atoms with Crippen LogP contribution in [0.3, 0.4) is 0 Å². The van der Waals surface area contributed by atoms with E-state index in [9.17, 15) is 4.79 Å². The summed E-state index contributed by atoms with van der Waals surface area (Å²) in [5.41, 5.74) is 11.4. The number of ether oxygens (including phenoxy) is 1. The van der Waals surface area contributed by atoms with Crippen molar-refractivity contribution in [3.8, 4) is 16.9 Å². The van der Waals surface area contributed by atoms with Gasteiger partial charge in [0.1, 0.15) is 40.9 Å². The number of nitrogens with two attached hydrogens (primary N) is 1. The van der Waals surface area contributed by atoms with Gasteiger partial charge in [-0.15, -0.1) is 10.2 Å². The Morgan fingerprint density at radius 2 is 1.83 bits per heavy atom. The quantitative estimate of drug-likeness (QED) is 0.230. The molecule has 3 N–H and O–H groups in total. The fourth-order valence-corrected chi connectivity index (χ4v) is 7.77. The van der Waals surface area contributed by atoms with Crippen LogP contribution in [0.4, 0.5) is 11.5 Å². The molecule has 6 aromatic rings. The number of hydrogen-bond acceptors (Lipinski definition) is 8. The van der Waals surface area contributed by atoms with Crippen LogP contribution in [0.5, 0.6) is 5.75 Å². The van der Waals surface area contributed by atoms with Crippen molar-refractivity contribution in [1.82, 2.24) is 38.8 Å². The maximum absolute atomic E-state index is 13.4. The van der Waals surface area contributed by atoms with Gasteiger partial charge in [-0.25, -0.2) is 9.97 Å². The zero-order valence-electron chi connectivity index (χ0n) is 27.6. The fraction of sp³-hybridized carbons (Fsp3) is 0.361. The molecule has 1 fully saturated rings. The Balaban J connectivity index is 1.04. The Labute approximate surface area is 278 Å². The van der Waals surface area contributed by atoms with Crippen LogP contribution in [-0.4, -0.2) is 64.4 Å². The summed E-state index contributed by atoms with van der Waals surface area (Å²) in [6, 6.07) is 16.5. The molecule has 1 saturated carbocycles. The van der Waals surface area contributed by atoms with E-state index in [1.54, 1.807) is 13.4 Å². The van der Waals surface area contributed by atoms with Crippen molar-refractivity contribution in [2.45, 2.75) is 64.2 Å². The van der Waals surface area contributed by atoms with Crippen LogP contribution in [0.25, 0.3) is 33.1 Å². The van der Waals surface area contributed by atoms with Gasteiger partial charge < -0.3 is 29.5 Å². The SMILES string of the molecule is CCc1nnc2n1CCN(C1CCC(n3cc(-c4ccc(NC(=O)c5cc6ccccc6n5C)c(OC)c4)c4c(N)ncnc43)CC1)C2. The van der Waals surface area contributed by atoms with Gasteiger partial charge in [0.2, 0.25) is 0 Å². The molecule has 8 rings (SSSR count). The zero-order chi connectivity index (χ0) is 32.9. The van der Waals surface area contributed by atoms with E-state index >= 15 is 0 Å². The topological polar surface area (TPSA) is 134 Å². The lowest BCUT2D eigenvalue weighted by Gasteiger charge is -2.39. The first-order chi connectivity index (χ1) is 23.4. The van der Waals surface area contributed by atoms with Crippen LogP contribution < -0.4 is 15.8 Å². The number of nitrogen functional groups attached to an aromatic ring is 1. The minimum absolute atomic E-state index is 0.207. The summed E-state index contributed by atoms with van der Waals surface area (Å²) in [6.07, 6.45) is 8.93. The molecule has 0 radical (unpaired) electrons. The van der Waals surface area contributed by atoms with Gasteiger partial charge in [-0.1, -0.05) is 31.2 Å². The van der Waals surface area contributed by atoms with Crippen molar-refractivity contribution in [3.05, 3.63) is 78.4 Å². The summed E-state index contributed by atoms with van der Waals surface area (Å²) < 4.78 is 12.3. The van der Waals surface area contributed by atoms with Gasteiger partial charge in [-0.05, 0) is 55.5 Å². The first-order valence-electron chi connectivity index (χ1n) is 16.7. The molecule has 2 aromatic carbocycles. The summed E-state index contributed by atoms with van der Waals surface area (Å²) >= 11 is 0. The average molecular weight is 645 g/mol. The number of para-hydroxylation sites is 1. The van der Waals surface area contributed by atoms with Crippen LogP contribution in [-0.2, 0) is 26.6 Å². The van der Waals surface area contributed by atoms with Crippen LogP contribution in [0.1, 0.15) is 60.8 Å². The molecule has 1 aliphatic heterocycles. The molecule has 12 nitrogen and oxygen atoms in total. The van der Waals surface area contributed by atoms with Gasteiger partial charge >= 0.3 is 0 Å². The number of benzene rings is 2. The first kappa shape index (κ1) is 30.1. The molecule has 0 atom stereocenters. The molecule has 12 heteroatoms. The van der Waals surface area contributed by atoms with Crippen LogP contribution in [0.2, 0.25) is 0 Å². The second kappa shape index (κ2) is 12.1. The summed E-state index contributed by atoms with van der Waals surface area (Å²) in [7, 11) is 3.51.